The molecule has 100 valence electrons. The summed E-state index contributed by atoms with van der Waals surface area (Å²) in [5, 5.41) is 0.824. The lowest BCUT2D eigenvalue weighted by molar-refractivity contribution is 0.627. The van der Waals surface area contributed by atoms with Crippen LogP contribution in [0.5, 0.6) is 0 Å². The van der Waals surface area contributed by atoms with E-state index in [9.17, 15) is 8.78 Å². The molecule has 1 aromatic heterocycles. The Kier molecular flexibility index (Phi) is 3.10. The number of aromatic nitrogens is 2. The average Bonchev–Trinajstić information content (AvgIpc) is 2.37. The van der Waals surface area contributed by atoms with Crippen molar-refractivity contribution < 1.29 is 8.78 Å². The molecule has 0 atom stereocenters. The molecule has 0 saturated heterocycles. The fourth-order valence-electron chi connectivity index (χ4n) is 2.06. The molecule has 3 aromatic rings. The zero-order valence-electron chi connectivity index (χ0n) is 10.5. The molecule has 5 heteroatoms. The van der Waals surface area contributed by atoms with Gasteiger partial charge in [-0.2, -0.15) is 0 Å². The van der Waals surface area contributed by atoms with Gasteiger partial charge in [-0.1, -0.05) is 11.6 Å². The first-order valence-electron chi connectivity index (χ1n) is 5.94. The van der Waals surface area contributed by atoms with Crippen LogP contribution in [0.2, 0.25) is 5.15 Å². The molecule has 2 nitrogen and oxygen atoms in total. The number of halogens is 3. The van der Waals surface area contributed by atoms with Crippen LogP contribution >= 0.6 is 11.6 Å². The summed E-state index contributed by atoms with van der Waals surface area (Å²) < 4.78 is 26.4. The van der Waals surface area contributed by atoms with Crippen LogP contribution in [0.15, 0.2) is 36.4 Å². The maximum Gasteiger partial charge on any atom is 0.161 e. The van der Waals surface area contributed by atoms with E-state index in [1.54, 1.807) is 13.0 Å². The van der Waals surface area contributed by atoms with Gasteiger partial charge in [-0.05, 0) is 42.8 Å². The van der Waals surface area contributed by atoms with Gasteiger partial charge in [0, 0.05) is 17.0 Å². The zero-order chi connectivity index (χ0) is 14.3. The molecule has 0 fully saturated rings. The summed E-state index contributed by atoms with van der Waals surface area (Å²) in [4.78, 5) is 8.50. The number of hydrogen-bond donors (Lipinski definition) is 0. The first-order valence-corrected chi connectivity index (χ1v) is 6.32. The van der Waals surface area contributed by atoms with E-state index >= 15 is 0 Å². The Balaban J connectivity index is 2.26. The molecule has 3 rings (SSSR count). The molecule has 2 aromatic carbocycles. The summed E-state index contributed by atoms with van der Waals surface area (Å²) in [5.41, 5.74) is 1.78. The molecule has 0 spiro atoms. The molecule has 0 unspecified atom stereocenters. The van der Waals surface area contributed by atoms with Crippen LogP contribution in [0.1, 0.15) is 5.56 Å². The molecular formula is C15H9ClF2N2. The van der Waals surface area contributed by atoms with Gasteiger partial charge in [0.15, 0.2) is 5.82 Å². The molecule has 20 heavy (non-hydrogen) atoms. The van der Waals surface area contributed by atoms with E-state index in [4.69, 9.17) is 11.6 Å². The van der Waals surface area contributed by atoms with Crippen molar-refractivity contribution in [2.24, 2.45) is 0 Å². The average molecular weight is 291 g/mol. The monoisotopic (exact) mass is 290 g/mol. The normalized spacial score (nSPS) is 11.0. The quantitative estimate of drug-likeness (QED) is 0.615. The van der Waals surface area contributed by atoms with Crippen LogP contribution in [0.4, 0.5) is 8.78 Å². The molecule has 0 N–H and O–H groups in total. The third-order valence-electron chi connectivity index (χ3n) is 3.04. The second-order valence-corrected chi connectivity index (χ2v) is 4.82. The third-order valence-corrected chi connectivity index (χ3v) is 3.33. The van der Waals surface area contributed by atoms with Gasteiger partial charge in [0.25, 0.3) is 0 Å². The van der Waals surface area contributed by atoms with E-state index in [-0.39, 0.29) is 11.0 Å². The summed E-state index contributed by atoms with van der Waals surface area (Å²) in [5.74, 6) is -0.371. The van der Waals surface area contributed by atoms with Crippen LogP contribution in [-0.4, -0.2) is 9.97 Å². The SMILES string of the molecule is Cc1cc(F)ccc1-c1nc(Cl)c2ccc(F)cc2n1. The van der Waals surface area contributed by atoms with Gasteiger partial charge in [0.2, 0.25) is 0 Å². The van der Waals surface area contributed by atoms with Gasteiger partial charge in [0.1, 0.15) is 16.8 Å². The molecule has 1 heterocycles. The fourth-order valence-corrected chi connectivity index (χ4v) is 2.30. The Morgan fingerprint density at radius 2 is 1.65 bits per heavy atom. The predicted molar refractivity (Wildman–Crippen MR) is 74.6 cm³/mol. The number of nitrogens with zero attached hydrogens (tertiary/aromatic N) is 2. The summed E-state index contributed by atoms with van der Waals surface area (Å²) in [6.07, 6.45) is 0. The maximum atomic E-state index is 13.3. The van der Waals surface area contributed by atoms with Gasteiger partial charge in [-0.3, -0.25) is 0 Å². The van der Waals surface area contributed by atoms with Gasteiger partial charge in [-0.25, -0.2) is 18.7 Å². The lowest BCUT2D eigenvalue weighted by Crippen LogP contribution is -1.95. The first kappa shape index (κ1) is 12.9. The highest BCUT2D eigenvalue weighted by atomic mass is 35.5. The Morgan fingerprint density at radius 1 is 0.950 bits per heavy atom. The molecular weight excluding hydrogens is 282 g/mol. The summed E-state index contributed by atoms with van der Waals surface area (Å²) >= 11 is 6.10. The molecule has 0 saturated carbocycles. The second-order valence-electron chi connectivity index (χ2n) is 4.46. The minimum atomic E-state index is -0.394. The second kappa shape index (κ2) is 4.80. The smallest absolute Gasteiger partial charge is 0.161 e. The minimum Gasteiger partial charge on any atom is -0.228 e. The number of aryl methyl sites for hydroxylation is 1. The van der Waals surface area contributed by atoms with Crippen molar-refractivity contribution >= 4 is 22.5 Å². The summed E-state index contributed by atoms with van der Waals surface area (Å²) in [6.45, 7) is 1.76. The highest BCUT2D eigenvalue weighted by Gasteiger charge is 2.11. The first-order chi connectivity index (χ1) is 9.54. The highest BCUT2D eigenvalue weighted by molar-refractivity contribution is 6.34. The van der Waals surface area contributed by atoms with Crippen molar-refractivity contribution in [1.29, 1.82) is 0 Å². The van der Waals surface area contributed by atoms with Crippen LogP contribution in [0.25, 0.3) is 22.3 Å². The van der Waals surface area contributed by atoms with Crippen molar-refractivity contribution in [3.8, 4) is 11.4 Å². The number of rotatable bonds is 1. The van der Waals surface area contributed by atoms with E-state index in [0.29, 0.717) is 27.9 Å². The van der Waals surface area contributed by atoms with E-state index in [2.05, 4.69) is 9.97 Å². The highest BCUT2D eigenvalue weighted by Crippen LogP contribution is 2.27. The summed E-state index contributed by atoms with van der Waals surface area (Å²) in [6, 6.07) is 8.44. The van der Waals surface area contributed by atoms with Crippen molar-refractivity contribution in [2.75, 3.05) is 0 Å². The molecule has 0 amide bonds. The maximum absolute atomic E-state index is 13.3. The lowest BCUT2D eigenvalue weighted by atomic mass is 10.1. The van der Waals surface area contributed by atoms with Crippen LogP contribution < -0.4 is 0 Å². The Morgan fingerprint density at radius 3 is 2.40 bits per heavy atom. The predicted octanol–water partition coefficient (Wildman–Crippen LogP) is 4.54. The van der Waals surface area contributed by atoms with Crippen molar-refractivity contribution in [3.05, 3.63) is 58.7 Å². The van der Waals surface area contributed by atoms with Crippen LogP contribution in [-0.2, 0) is 0 Å². The Bertz CT molecular complexity index is 818. The molecule has 0 aliphatic rings. The van der Waals surface area contributed by atoms with Gasteiger partial charge in [0.05, 0.1) is 5.52 Å². The van der Waals surface area contributed by atoms with Crippen molar-refractivity contribution in [1.82, 2.24) is 9.97 Å². The number of fused-ring (bicyclic) bond motifs is 1. The van der Waals surface area contributed by atoms with Gasteiger partial charge < -0.3 is 0 Å². The summed E-state index contributed by atoms with van der Waals surface area (Å²) in [7, 11) is 0. The third kappa shape index (κ3) is 2.23. The molecule has 0 aliphatic heterocycles. The number of hydrogen-bond acceptors (Lipinski definition) is 2. The van der Waals surface area contributed by atoms with Crippen molar-refractivity contribution in [3.63, 3.8) is 0 Å². The van der Waals surface area contributed by atoms with Crippen LogP contribution in [0, 0.1) is 18.6 Å². The Labute approximate surface area is 119 Å². The molecule has 0 bridgehead atoms. The minimum absolute atomic E-state index is 0.244. The van der Waals surface area contributed by atoms with E-state index in [0.717, 1.165) is 0 Å². The lowest BCUT2D eigenvalue weighted by Gasteiger charge is -2.07. The van der Waals surface area contributed by atoms with Gasteiger partial charge in [-0.15, -0.1) is 0 Å². The zero-order valence-corrected chi connectivity index (χ0v) is 11.2. The fraction of sp³-hybridized carbons (Fsp3) is 0.0667. The van der Waals surface area contributed by atoms with Crippen LogP contribution in [0.3, 0.4) is 0 Å². The van der Waals surface area contributed by atoms with Crippen molar-refractivity contribution in [2.45, 2.75) is 6.92 Å². The Hall–Kier alpha value is -2.07. The largest absolute Gasteiger partial charge is 0.228 e. The standard InChI is InChI=1S/C15H9ClF2N2/c1-8-6-9(17)2-4-11(8)15-19-13-7-10(18)3-5-12(13)14(16)20-15/h2-7H,1H3. The topological polar surface area (TPSA) is 25.8 Å². The van der Waals surface area contributed by atoms with Gasteiger partial charge >= 0.3 is 0 Å². The van der Waals surface area contributed by atoms with E-state index in [1.165, 1.54) is 30.3 Å². The van der Waals surface area contributed by atoms with E-state index in [1.807, 2.05) is 0 Å². The molecule has 0 aliphatic carbocycles. The number of benzene rings is 2. The van der Waals surface area contributed by atoms with E-state index < -0.39 is 5.82 Å². The molecule has 0 radical (unpaired) electrons.